The topological polar surface area (TPSA) is 86.8 Å². The van der Waals surface area contributed by atoms with Crippen LogP contribution in [0.2, 0.25) is 10.0 Å². The van der Waals surface area contributed by atoms with Gasteiger partial charge in [-0.1, -0.05) is 66.7 Å². The summed E-state index contributed by atoms with van der Waals surface area (Å²) < 4.78 is 42.4. The fourth-order valence-electron chi connectivity index (χ4n) is 5.11. The van der Waals surface area contributed by atoms with Crippen molar-refractivity contribution in [1.82, 2.24) is 10.2 Å². The highest BCUT2D eigenvalue weighted by molar-refractivity contribution is 7.92. The van der Waals surface area contributed by atoms with E-state index in [2.05, 4.69) is 5.32 Å². The number of sulfonamides is 1. The lowest BCUT2D eigenvalue weighted by Crippen LogP contribution is -2.53. The van der Waals surface area contributed by atoms with Crippen molar-refractivity contribution in [2.24, 2.45) is 0 Å². The highest BCUT2D eigenvalue weighted by Gasteiger charge is 2.35. The van der Waals surface area contributed by atoms with Gasteiger partial charge in [0.25, 0.3) is 10.0 Å². The van der Waals surface area contributed by atoms with E-state index >= 15 is 0 Å². The molecular weight excluding hydrogens is 600 g/mol. The molecule has 0 bridgehead atoms. The molecule has 42 heavy (non-hydrogen) atoms. The number of aryl methyl sites for hydroxylation is 1. The summed E-state index contributed by atoms with van der Waals surface area (Å²) in [4.78, 5) is 28.9. The Morgan fingerprint density at radius 1 is 0.976 bits per heavy atom. The third kappa shape index (κ3) is 7.43. The number of hydrogen-bond acceptors (Lipinski definition) is 4. The van der Waals surface area contributed by atoms with E-state index in [1.165, 1.54) is 4.90 Å². The minimum absolute atomic E-state index is 0.0234. The second kappa shape index (κ2) is 13.9. The Morgan fingerprint density at radius 3 is 2.14 bits per heavy atom. The predicted octanol–water partition coefficient (Wildman–Crippen LogP) is 6.50. The molecule has 1 N–H and O–H groups in total. The number of anilines is 1. The SMILES string of the molecule is CCC(C(=O)NC1CCCC1)N(Cc1c(Cl)cccc1Cl)C(=O)CN(c1ccc(C)cc1)S(=O)(=O)c1ccc(F)cc1. The highest BCUT2D eigenvalue weighted by atomic mass is 35.5. The highest BCUT2D eigenvalue weighted by Crippen LogP contribution is 2.29. The van der Waals surface area contributed by atoms with Gasteiger partial charge in [0.1, 0.15) is 18.4 Å². The van der Waals surface area contributed by atoms with Crippen molar-refractivity contribution in [2.75, 3.05) is 10.8 Å². The zero-order valence-electron chi connectivity index (χ0n) is 23.5. The molecule has 1 aliphatic carbocycles. The molecule has 11 heteroatoms. The Morgan fingerprint density at radius 2 is 1.57 bits per heavy atom. The van der Waals surface area contributed by atoms with Crippen LogP contribution in [0.4, 0.5) is 10.1 Å². The summed E-state index contributed by atoms with van der Waals surface area (Å²) >= 11 is 12.9. The number of benzene rings is 3. The molecule has 0 aliphatic heterocycles. The van der Waals surface area contributed by atoms with Gasteiger partial charge < -0.3 is 10.2 Å². The first-order valence-corrected chi connectivity index (χ1v) is 16.1. The van der Waals surface area contributed by atoms with Crippen LogP contribution in [0.25, 0.3) is 0 Å². The van der Waals surface area contributed by atoms with Crippen LogP contribution in [0.1, 0.15) is 50.2 Å². The first kappa shape index (κ1) is 31.8. The molecule has 4 rings (SSSR count). The third-order valence-electron chi connectivity index (χ3n) is 7.48. The van der Waals surface area contributed by atoms with Crippen molar-refractivity contribution in [3.05, 3.63) is 93.7 Å². The lowest BCUT2D eigenvalue weighted by atomic mass is 10.1. The van der Waals surface area contributed by atoms with Gasteiger partial charge in [0.2, 0.25) is 11.8 Å². The van der Waals surface area contributed by atoms with Crippen LogP contribution < -0.4 is 9.62 Å². The van der Waals surface area contributed by atoms with Crippen LogP contribution in [-0.4, -0.2) is 43.8 Å². The van der Waals surface area contributed by atoms with E-state index < -0.39 is 34.3 Å². The minimum Gasteiger partial charge on any atom is -0.352 e. The van der Waals surface area contributed by atoms with Crippen LogP contribution in [0.15, 0.2) is 71.6 Å². The summed E-state index contributed by atoms with van der Waals surface area (Å²) in [6.07, 6.45) is 4.05. The van der Waals surface area contributed by atoms with Crippen LogP contribution in [-0.2, 0) is 26.2 Å². The maximum atomic E-state index is 14.2. The molecule has 0 heterocycles. The number of halogens is 3. The predicted molar refractivity (Wildman–Crippen MR) is 164 cm³/mol. The van der Waals surface area contributed by atoms with Crippen molar-refractivity contribution < 1.29 is 22.4 Å². The molecule has 0 spiro atoms. The number of rotatable bonds is 11. The van der Waals surface area contributed by atoms with E-state index in [9.17, 15) is 22.4 Å². The minimum atomic E-state index is -4.31. The molecule has 1 atom stereocenters. The van der Waals surface area contributed by atoms with Crippen LogP contribution in [0, 0.1) is 12.7 Å². The molecule has 1 unspecified atom stereocenters. The zero-order chi connectivity index (χ0) is 30.4. The first-order chi connectivity index (χ1) is 20.0. The summed E-state index contributed by atoms with van der Waals surface area (Å²) in [5.41, 5.74) is 1.59. The molecule has 224 valence electrons. The lowest BCUT2D eigenvalue weighted by molar-refractivity contribution is -0.140. The molecule has 3 aromatic rings. The second-order valence-corrected chi connectivity index (χ2v) is 13.1. The van der Waals surface area contributed by atoms with Gasteiger partial charge in [-0.25, -0.2) is 12.8 Å². The Bertz CT molecular complexity index is 1490. The monoisotopic (exact) mass is 633 g/mol. The molecule has 0 radical (unpaired) electrons. The van der Waals surface area contributed by atoms with Crippen molar-refractivity contribution in [3.63, 3.8) is 0 Å². The Balaban J connectivity index is 1.74. The average Bonchev–Trinajstić information content (AvgIpc) is 3.47. The Labute approximate surface area is 256 Å². The quantitative estimate of drug-likeness (QED) is 0.261. The second-order valence-electron chi connectivity index (χ2n) is 10.4. The first-order valence-electron chi connectivity index (χ1n) is 13.9. The zero-order valence-corrected chi connectivity index (χ0v) is 25.9. The number of hydrogen-bond donors (Lipinski definition) is 1. The molecule has 0 saturated heterocycles. The standard InChI is InChI=1S/C31H34Cl2FN3O4S/c1-3-29(31(39)35-23-7-4-5-8-23)36(19-26-27(32)9-6-10-28(26)33)30(38)20-37(24-15-11-21(2)12-16-24)42(40,41)25-17-13-22(34)14-18-25/h6,9-18,23,29H,3-5,7-8,19-20H2,1-2H3,(H,35,39). The number of carbonyl (C=O) groups excluding carboxylic acids is 2. The average molecular weight is 635 g/mol. The van der Waals surface area contributed by atoms with Crippen molar-refractivity contribution in [2.45, 2.75) is 69.5 Å². The van der Waals surface area contributed by atoms with E-state index in [4.69, 9.17) is 23.2 Å². The summed E-state index contributed by atoms with van der Waals surface area (Å²) in [5, 5.41) is 3.71. The molecule has 2 amide bonds. The fourth-order valence-corrected chi connectivity index (χ4v) is 7.05. The van der Waals surface area contributed by atoms with Gasteiger partial charge in [0, 0.05) is 28.2 Å². The van der Waals surface area contributed by atoms with E-state index in [0.717, 1.165) is 59.8 Å². The molecular formula is C31H34Cl2FN3O4S. The fraction of sp³-hybridized carbons (Fsp3) is 0.355. The Hall–Kier alpha value is -3.14. The van der Waals surface area contributed by atoms with Gasteiger partial charge in [-0.05, 0) is 74.7 Å². The summed E-state index contributed by atoms with van der Waals surface area (Å²) in [6, 6.07) is 15.2. The molecule has 1 saturated carbocycles. The summed E-state index contributed by atoms with van der Waals surface area (Å²) in [7, 11) is -4.31. The van der Waals surface area contributed by atoms with Crippen molar-refractivity contribution in [1.29, 1.82) is 0 Å². The number of carbonyl (C=O) groups is 2. The number of amides is 2. The van der Waals surface area contributed by atoms with E-state index in [1.54, 1.807) is 49.4 Å². The van der Waals surface area contributed by atoms with Gasteiger partial charge in [-0.2, -0.15) is 0 Å². The van der Waals surface area contributed by atoms with Gasteiger partial charge in [0.05, 0.1) is 10.6 Å². The maximum absolute atomic E-state index is 14.2. The Kier molecular flexibility index (Phi) is 10.5. The lowest BCUT2D eigenvalue weighted by Gasteiger charge is -2.34. The molecule has 3 aromatic carbocycles. The smallest absolute Gasteiger partial charge is 0.264 e. The van der Waals surface area contributed by atoms with E-state index in [-0.39, 0.29) is 35.5 Å². The maximum Gasteiger partial charge on any atom is 0.264 e. The van der Waals surface area contributed by atoms with Crippen molar-refractivity contribution >= 4 is 50.7 Å². The number of nitrogens with one attached hydrogen (secondary N) is 1. The third-order valence-corrected chi connectivity index (χ3v) is 9.98. The van der Waals surface area contributed by atoms with Gasteiger partial charge >= 0.3 is 0 Å². The summed E-state index contributed by atoms with van der Waals surface area (Å²) in [6.45, 7) is 2.93. The van der Waals surface area contributed by atoms with Gasteiger partial charge in [-0.15, -0.1) is 0 Å². The molecule has 0 aromatic heterocycles. The summed E-state index contributed by atoms with van der Waals surface area (Å²) in [5.74, 6) is -1.52. The van der Waals surface area contributed by atoms with Gasteiger partial charge in [-0.3, -0.25) is 13.9 Å². The number of nitrogens with zero attached hydrogens (tertiary/aromatic N) is 2. The normalized spacial score (nSPS) is 14.4. The largest absolute Gasteiger partial charge is 0.352 e. The molecule has 1 fully saturated rings. The van der Waals surface area contributed by atoms with Crippen LogP contribution >= 0.6 is 23.2 Å². The van der Waals surface area contributed by atoms with Crippen LogP contribution in [0.3, 0.4) is 0 Å². The van der Waals surface area contributed by atoms with E-state index in [0.29, 0.717) is 15.6 Å². The van der Waals surface area contributed by atoms with Gasteiger partial charge in [0.15, 0.2) is 0 Å². The van der Waals surface area contributed by atoms with Crippen molar-refractivity contribution in [3.8, 4) is 0 Å². The molecule has 1 aliphatic rings. The van der Waals surface area contributed by atoms with E-state index in [1.807, 2.05) is 6.92 Å². The van der Waals surface area contributed by atoms with Crippen LogP contribution in [0.5, 0.6) is 0 Å². The molecule has 7 nitrogen and oxygen atoms in total.